The topological polar surface area (TPSA) is 58.5 Å². The molecule has 0 radical (unpaired) electrons. The average molecular weight is 361 g/mol. The molecule has 138 valence electrons. The van der Waals surface area contributed by atoms with Crippen LogP contribution in [-0.4, -0.2) is 33.6 Å². The van der Waals surface area contributed by atoms with E-state index in [1.165, 1.54) is 11.1 Å². The minimum absolute atomic E-state index is 0.177. The normalized spacial score (nSPS) is 14.0. The second-order valence-corrected chi connectivity index (χ2v) is 7.00. The molecule has 1 aromatic heterocycles. The number of phenols is 1. The molecular weight excluding hydrogens is 338 g/mol. The fourth-order valence-electron chi connectivity index (χ4n) is 3.43. The number of rotatable bonds is 4. The van der Waals surface area contributed by atoms with Crippen molar-refractivity contribution in [2.45, 2.75) is 26.4 Å². The van der Waals surface area contributed by atoms with Crippen LogP contribution >= 0.6 is 0 Å². The van der Waals surface area contributed by atoms with Gasteiger partial charge in [-0.15, -0.1) is 0 Å². The highest BCUT2D eigenvalue weighted by Crippen LogP contribution is 2.28. The Labute approximate surface area is 159 Å². The van der Waals surface area contributed by atoms with Gasteiger partial charge in [0.2, 0.25) is 0 Å². The molecule has 0 fully saturated rings. The Balaban J connectivity index is 1.52. The monoisotopic (exact) mass is 361 g/mol. The highest BCUT2D eigenvalue weighted by atomic mass is 16.5. The van der Waals surface area contributed by atoms with Crippen LogP contribution in [0.1, 0.15) is 22.4 Å². The van der Waals surface area contributed by atoms with Gasteiger partial charge in [0.05, 0.1) is 12.8 Å². The van der Waals surface area contributed by atoms with Crippen LogP contribution in [0.5, 0.6) is 11.5 Å². The van der Waals surface area contributed by atoms with Gasteiger partial charge in [-0.2, -0.15) is 0 Å². The molecule has 2 heterocycles. The number of methoxy groups -OCH3 is 1. The lowest BCUT2D eigenvalue weighted by molar-refractivity contribution is 0.241. The molecule has 2 aromatic carbocycles. The Morgan fingerprint density at radius 1 is 1.15 bits per heavy atom. The Bertz CT molecular complexity index is 954. The Morgan fingerprint density at radius 3 is 2.70 bits per heavy atom. The van der Waals surface area contributed by atoms with E-state index in [4.69, 9.17) is 9.72 Å². The highest BCUT2D eigenvalue weighted by Gasteiger charge is 2.19. The van der Waals surface area contributed by atoms with Crippen LogP contribution in [0, 0.1) is 6.92 Å². The summed E-state index contributed by atoms with van der Waals surface area (Å²) in [6.45, 7) is 4.57. The average Bonchev–Trinajstić information content (AvgIpc) is 2.68. The summed E-state index contributed by atoms with van der Waals surface area (Å²) >= 11 is 0. The van der Waals surface area contributed by atoms with E-state index in [9.17, 15) is 5.11 Å². The van der Waals surface area contributed by atoms with Crippen molar-refractivity contribution in [2.75, 3.05) is 13.7 Å². The second-order valence-electron chi connectivity index (χ2n) is 7.00. The summed E-state index contributed by atoms with van der Waals surface area (Å²) in [4.78, 5) is 11.7. The molecular formula is C22H23N3O2. The molecule has 0 spiro atoms. The van der Waals surface area contributed by atoms with Gasteiger partial charge >= 0.3 is 0 Å². The minimum atomic E-state index is 0.177. The molecule has 1 N–H and O–H groups in total. The quantitative estimate of drug-likeness (QED) is 0.767. The summed E-state index contributed by atoms with van der Waals surface area (Å²) in [6.07, 6.45) is 2.90. The maximum Gasteiger partial charge on any atom is 0.160 e. The maximum absolute atomic E-state index is 10.00. The SMILES string of the molecule is COc1ccc(CN2CCc3cnc(-c4ccc(C)cc4)nc3C2)cc1O. The van der Waals surface area contributed by atoms with Gasteiger partial charge in [-0.05, 0) is 36.6 Å². The summed E-state index contributed by atoms with van der Waals surface area (Å²) in [5.41, 5.74) is 5.64. The molecule has 27 heavy (non-hydrogen) atoms. The largest absolute Gasteiger partial charge is 0.504 e. The van der Waals surface area contributed by atoms with Crippen molar-refractivity contribution >= 4 is 0 Å². The lowest BCUT2D eigenvalue weighted by Gasteiger charge is -2.28. The third-order valence-corrected chi connectivity index (χ3v) is 4.98. The van der Waals surface area contributed by atoms with Crippen molar-refractivity contribution in [3.8, 4) is 22.9 Å². The first-order valence-electron chi connectivity index (χ1n) is 9.12. The third-order valence-electron chi connectivity index (χ3n) is 4.98. The molecule has 4 rings (SSSR count). The molecule has 3 aromatic rings. The number of nitrogens with zero attached hydrogens (tertiary/aromatic N) is 3. The molecule has 0 saturated carbocycles. The van der Waals surface area contributed by atoms with E-state index in [1.807, 2.05) is 12.3 Å². The predicted molar refractivity (Wildman–Crippen MR) is 105 cm³/mol. The fraction of sp³-hybridized carbons (Fsp3) is 0.273. The molecule has 1 aliphatic heterocycles. The van der Waals surface area contributed by atoms with Crippen LogP contribution in [0.25, 0.3) is 11.4 Å². The standard InChI is InChI=1S/C22H23N3O2/c1-15-3-6-17(7-4-15)22-23-12-18-9-10-25(14-19(18)24-22)13-16-5-8-21(27-2)20(26)11-16/h3-8,11-12,26H,9-10,13-14H2,1-2H3. The zero-order chi connectivity index (χ0) is 18.8. The van der Waals surface area contributed by atoms with Crippen molar-refractivity contribution in [3.05, 3.63) is 71.0 Å². The first-order valence-corrected chi connectivity index (χ1v) is 9.12. The molecule has 5 nitrogen and oxygen atoms in total. The van der Waals surface area contributed by atoms with Crippen LogP contribution in [0.3, 0.4) is 0 Å². The van der Waals surface area contributed by atoms with Gasteiger partial charge in [0.15, 0.2) is 17.3 Å². The Kier molecular flexibility index (Phi) is 4.77. The van der Waals surface area contributed by atoms with Crippen molar-refractivity contribution in [2.24, 2.45) is 0 Å². The van der Waals surface area contributed by atoms with Gasteiger partial charge < -0.3 is 9.84 Å². The summed E-state index contributed by atoms with van der Waals surface area (Å²) < 4.78 is 5.12. The van der Waals surface area contributed by atoms with E-state index in [0.717, 1.165) is 48.7 Å². The van der Waals surface area contributed by atoms with Gasteiger partial charge in [-0.3, -0.25) is 4.90 Å². The van der Waals surface area contributed by atoms with E-state index >= 15 is 0 Å². The van der Waals surface area contributed by atoms with Crippen LogP contribution in [0.15, 0.2) is 48.7 Å². The van der Waals surface area contributed by atoms with Gasteiger partial charge in [-0.1, -0.05) is 35.9 Å². The molecule has 0 bridgehead atoms. The number of fused-ring (bicyclic) bond motifs is 1. The number of ether oxygens (including phenoxy) is 1. The number of phenolic OH excluding ortho intramolecular Hbond substituents is 1. The number of aromatic hydroxyl groups is 1. The van der Waals surface area contributed by atoms with E-state index in [1.54, 1.807) is 19.2 Å². The van der Waals surface area contributed by atoms with E-state index < -0.39 is 0 Å². The van der Waals surface area contributed by atoms with E-state index in [2.05, 4.69) is 41.1 Å². The summed E-state index contributed by atoms with van der Waals surface area (Å²) in [5.74, 6) is 1.45. The van der Waals surface area contributed by atoms with Crippen LogP contribution in [0.2, 0.25) is 0 Å². The summed E-state index contributed by atoms with van der Waals surface area (Å²) in [7, 11) is 1.56. The molecule has 0 amide bonds. The molecule has 1 aliphatic rings. The second kappa shape index (κ2) is 7.37. The number of hydrogen-bond donors (Lipinski definition) is 1. The molecule has 0 unspecified atom stereocenters. The fourth-order valence-corrected chi connectivity index (χ4v) is 3.43. The van der Waals surface area contributed by atoms with Crippen LogP contribution in [0.4, 0.5) is 0 Å². The zero-order valence-electron chi connectivity index (χ0n) is 15.6. The van der Waals surface area contributed by atoms with Crippen molar-refractivity contribution < 1.29 is 9.84 Å². The lowest BCUT2D eigenvalue weighted by atomic mass is 10.0. The van der Waals surface area contributed by atoms with Gasteiger partial charge in [0, 0.05) is 31.4 Å². The zero-order valence-corrected chi connectivity index (χ0v) is 15.6. The minimum Gasteiger partial charge on any atom is -0.504 e. The predicted octanol–water partition coefficient (Wildman–Crippen LogP) is 3.72. The molecule has 0 saturated heterocycles. The summed E-state index contributed by atoms with van der Waals surface area (Å²) in [6, 6.07) is 13.9. The Morgan fingerprint density at radius 2 is 1.96 bits per heavy atom. The van der Waals surface area contributed by atoms with Gasteiger partial charge in [-0.25, -0.2) is 9.97 Å². The third kappa shape index (κ3) is 3.78. The van der Waals surface area contributed by atoms with Crippen molar-refractivity contribution in [3.63, 3.8) is 0 Å². The van der Waals surface area contributed by atoms with Crippen LogP contribution in [-0.2, 0) is 19.5 Å². The smallest absolute Gasteiger partial charge is 0.160 e. The maximum atomic E-state index is 10.00. The number of aryl methyl sites for hydroxylation is 1. The first-order chi connectivity index (χ1) is 13.1. The van der Waals surface area contributed by atoms with Crippen LogP contribution < -0.4 is 4.74 Å². The highest BCUT2D eigenvalue weighted by molar-refractivity contribution is 5.55. The van der Waals surface area contributed by atoms with E-state index in [-0.39, 0.29) is 5.75 Å². The molecule has 0 aliphatic carbocycles. The first kappa shape index (κ1) is 17.5. The van der Waals surface area contributed by atoms with Crippen molar-refractivity contribution in [1.29, 1.82) is 0 Å². The molecule has 0 atom stereocenters. The summed E-state index contributed by atoms with van der Waals surface area (Å²) in [5, 5.41) is 10.00. The number of aromatic nitrogens is 2. The van der Waals surface area contributed by atoms with Crippen molar-refractivity contribution in [1.82, 2.24) is 14.9 Å². The van der Waals surface area contributed by atoms with E-state index in [0.29, 0.717) is 5.75 Å². The molecule has 5 heteroatoms. The number of hydrogen-bond acceptors (Lipinski definition) is 5. The lowest BCUT2D eigenvalue weighted by Crippen LogP contribution is -2.31. The van der Waals surface area contributed by atoms with Gasteiger partial charge in [0.1, 0.15) is 0 Å². The van der Waals surface area contributed by atoms with Gasteiger partial charge in [0.25, 0.3) is 0 Å². The Hall–Kier alpha value is -2.92. The number of benzene rings is 2.